The molecule has 0 radical (unpaired) electrons. The van der Waals surface area contributed by atoms with Gasteiger partial charge in [0.1, 0.15) is 0 Å². The Morgan fingerprint density at radius 1 is 1.41 bits per heavy atom. The highest BCUT2D eigenvalue weighted by Crippen LogP contribution is 2.26. The SMILES string of the molecule is Cc1ccc(N)cc1NC(=O)C(F)(F)C(F)F. The van der Waals surface area contributed by atoms with Gasteiger partial charge in [0.25, 0.3) is 0 Å². The summed E-state index contributed by atoms with van der Waals surface area (Å²) in [6, 6.07) is 4.19. The Balaban J connectivity index is 2.92. The van der Waals surface area contributed by atoms with Crippen LogP contribution in [0.25, 0.3) is 0 Å². The molecule has 0 aliphatic heterocycles. The first kappa shape index (κ1) is 13.3. The predicted molar refractivity (Wildman–Crippen MR) is 55.2 cm³/mol. The van der Waals surface area contributed by atoms with Crippen LogP contribution in [0.4, 0.5) is 28.9 Å². The zero-order valence-corrected chi connectivity index (χ0v) is 8.81. The number of carbonyl (C=O) groups excluding carboxylic acids is 1. The summed E-state index contributed by atoms with van der Waals surface area (Å²) in [6.45, 7) is 1.52. The van der Waals surface area contributed by atoms with Gasteiger partial charge in [-0.05, 0) is 24.6 Å². The molecule has 1 aromatic carbocycles. The molecule has 0 bridgehead atoms. The number of benzene rings is 1. The first-order valence-electron chi connectivity index (χ1n) is 4.58. The monoisotopic (exact) mass is 250 g/mol. The minimum Gasteiger partial charge on any atom is -0.399 e. The second kappa shape index (κ2) is 4.60. The third-order valence-electron chi connectivity index (χ3n) is 2.09. The van der Waals surface area contributed by atoms with Crippen LogP contribution in [-0.4, -0.2) is 18.3 Å². The highest BCUT2D eigenvalue weighted by atomic mass is 19.3. The quantitative estimate of drug-likeness (QED) is 0.639. The van der Waals surface area contributed by atoms with Crippen molar-refractivity contribution in [3.63, 3.8) is 0 Å². The molecule has 0 unspecified atom stereocenters. The molecule has 3 N–H and O–H groups in total. The smallest absolute Gasteiger partial charge is 0.383 e. The van der Waals surface area contributed by atoms with Gasteiger partial charge in [-0.3, -0.25) is 4.79 Å². The van der Waals surface area contributed by atoms with E-state index in [2.05, 4.69) is 0 Å². The van der Waals surface area contributed by atoms with E-state index < -0.39 is 18.3 Å². The molecule has 0 aliphatic rings. The van der Waals surface area contributed by atoms with Crippen LogP contribution in [0.15, 0.2) is 18.2 Å². The zero-order valence-electron chi connectivity index (χ0n) is 8.81. The maximum absolute atomic E-state index is 12.7. The molecule has 0 spiro atoms. The van der Waals surface area contributed by atoms with E-state index in [1.165, 1.54) is 25.1 Å². The van der Waals surface area contributed by atoms with Gasteiger partial charge >= 0.3 is 18.3 Å². The normalized spacial score (nSPS) is 11.6. The van der Waals surface area contributed by atoms with Crippen LogP contribution < -0.4 is 11.1 Å². The summed E-state index contributed by atoms with van der Waals surface area (Å²) in [6.07, 6.45) is -4.05. The number of nitrogen functional groups attached to an aromatic ring is 1. The number of hydrogen-bond acceptors (Lipinski definition) is 2. The second-order valence-electron chi connectivity index (χ2n) is 3.45. The van der Waals surface area contributed by atoms with Crippen molar-refractivity contribution in [3.8, 4) is 0 Å². The number of nitrogens with one attached hydrogen (secondary N) is 1. The minimum atomic E-state index is -4.73. The molecular formula is C10H10F4N2O. The fraction of sp³-hybridized carbons (Fsp3) is 0.300. The van der Waals surface area contributed by atoms with Gasteiger partial charge in [0.05, 0.1) is 0 Å². The number of carbonyl (C=O) groups is 1. The van der Waals surface area contributed by atoms with E-state index in [9.17, 15) is 22.4 Å². The van der Waals surface area contributed by atoms with Crippen LogP contribution in [0.1, 0.15) is 5.56 Å². The van der Waals surface area contributed by atoms with Crippen LogP contribution in [-0.2, 0) is 4.79 Å². The molecule has 1 amide bonds. The first-order chi connectivity index (χ1) is 7.75. The molecule has 3 nitrogen and oxygen atoms in total. The molecule has 0 fully saturated rings. The number of halogens is 4. The summed E-state index contributed by atoms with van der Waals surface area (Å²) in [5, 5.41) is 1.72. The number of nitrogens with two attached hydrogens (primary N) is 1. The molecule has 7 heteroatoms. The molecule has 1 rings (SSSR count). The van der Waals surface area contributed by atoms with Gasteiger partial charge in [0.15, 0.2) is 0 Å². The maximum Gasteiger partial charge on any atom is 0.383 e. The fourth-order valence-electron chi connectivity index (χ4n) is 1.08. The van der Waals surface area contributed by atoms with Gasteiger partial charge in [-0.1, -0.05) is 6.07 Å². The lowest BCUT2D eigenvalue weighted by atomic mass is 10.1. The topological polar surface area (TPSA) is 55.1 Å². The number of aryl methyl sites for hydroxylation is 1. The summed E-state index contributed by atoms with van der Waals surface area (Å²) < 4.78 is 49.1. The van der Waals surface area contributed by atoms with Gasteiger partial charge in [-0.2, -0.15) is 8.78 Å². The Hall–Kier alpha value is -1.79. The van der Waals surface area contributed by atoms with Crippen LogP contribution in [0, 0.1) is 6.92 Å². The van der Waals surface area contributed by atoms with Crippen molar-refractivity contribution in [1.29, 1.82) is 0 Å². The first-order valence-corrected chi connectivity index (χ1v) is 4.58. The molecule has 0 atom stereocenters. The Bertz CT molecular complexity index is 434. The van der Waals surface area contributed by atoms with E-state index in [4.69, 9.17) is 5.73 Å². The van der Waals surface area contributed by atoms with E-state index in [1.807, 2.05) is 0 Å². The van der Waals surface area contributed by atoms with E-state index in [-0.39, 0.29) is 11.4 Å². The lowest BCUT2D eigenvalue weighted by Crippen LogP contribution is -2.41. The van der Waals surface area contributed by atoms with E-state index >= 15 is 0 Å². The molecule has 0 saturated heterocycles. The van der Waals surface area contributed by atoms with Crippen LogP contribution in [0.2, 0.25) is 0 Å². The van der Waals surface area contributed by atoms with Gasteiger partial charge in [-0.15, -0.1) is 0 Å². The predicted octanol–water partition coefficient (Wildman–Crippen LogP) is 2.42. The third kappa shape index (κ3) is 2.86. The van der Waals surface area contributed by atoms with Gasteiger partial charge in [-0.25, -0.2) is 8.78 Å². The van der Waals surface area contributed by atoms with E-state index in [0.717, 1.165) is 0 Å². The van der Waals surface area contributed by atoms with Gasteiger partial charge in [0.2, 0.25) is 0 Å². The Labute approximate surface area is 94.6 Å². The van der Waals surface area contributed by atoms with E-state index in [1.54, 1.807) is 5.32 Å². The second-order valence-corrected chi connectivity index (χ2v) is 3.45. The molecule has 0 aromatic heterocycles. The van der Waals surface area contributed by atoms with Crippen molar-refractivity contribution in [2.45, 2.75) is 19.3 Å². The van der Waals surface area contributed by atoms with Crippen molar-refractivity contribution in [3.05, 3.63) is 23.8 Å². The average Bonchev–Trinajstić information content (AvgIpc) is 2.23. The largest absolute Gasteiger partial charge is 0.399 e. The molecule has 0 heterocycles. The molecular weight excluding hydrogens is 240 g/mol. The zero-order chi connectivity index (χ0) is 13.2. The molecule has 94 valence electrons. The Kier molecular flexibility index (Phi) is 3.59. The highest BCUT2D eigenvalue weighted by molar-refractivity contribution is 5.97. The summed E-state index contributed by atoms with van der Waals surface area (Å²) in [5.74, 6) is -6.78. The standard InChI is InChI=1S/C10H10F4N2O/c1-5-2-3-6(15)4-7(5)16-9(17)10(13,14)8(11)12/h2-4,8H,15H2,1H3,(H,16,17). The number of hydrogen-bond donors (Lipinski definition) is 2. The number of alkyl halides is 4. The van der Waals surface area contributed by atoms with Crippen LogP contribution in [0.3, 0.4) is 0 Å². The summed E-state index contributed by atoms with van der Waals surface area (Å²) in [7, 11) is 0. The van der Waals surface area contributed by atoms with E-state index in [0.29, 0.717) is 5.56 Å². The van der Waals surface area contributed by atoms with Crippen molar-refractivity contribution in [1.82, 2.24) is 0 Å². The molecule has 17 heavy (non-hydrogen) atoms. The highest BCUT2D eigenvalue weighted by Gasteiger charge is 2.49. The number of anilines is 2. The van der Waals surface area contributed by atoms with Gasteiger partial charge in [0, 0.05) is 11.4 Å². The fourth-order valence-corrected chi connectivity index (χ4v) is 1.08. The Morgan fingerprint density at radius 2 is 2.00 bits per heavy atom. The van der Waals surface area contributed by atoms with Crippen molar-refractivity contribution in [2.75, 3.05) is 11.1 Å². The molecule has 0 saturated carbocycles. The molecule has 1 aromatic rings. The summed E-state index contributed by atoms with van der Waals surface area (Å²) >= 11 is 0. The number of rotatable bonds is 3. The lowest BCUT2D eigenvalue weighted by molar-refractivity contribution is -0.163. The number of amides is 1. The van der Waals surface area contributed by atoms with Gasteiger partial charge < -0.3 is 11.1 Å². The Morgan fingerprint density at radius 3 is 2.53 bits per heavy atom. The summed E-state index contributed by atoms with van der Waals surface area (Å²) in [4.78, 5) is 11.0. The van der Waals surface area contributed by atoms with Crippen molar-refractivity contribution < 1.29 is 22.4 Å². The van der Waals surface area contributed by atoms with Crippen LogP contribution in [0.5, 0.6) is 0 Å². The van der Waals surface area contributed by atoms with Crippen LogP contribution >= 0.6 is 0 Å². The summed E-state index contributed by atoms with van der Waals surface area (Å²) in [5.41, 5.74) is 6.04. The van der Waals surface area contributed by atoms with Crippen molar-refractivity contribution in [2.24, 2.45) is 0 Å². The maximum atomic E-state index is 12.7. The lowest BCUT2D eigenvalue weighted by Gasteiger charge is -2.16. The third-order valence-corrected chi connectivity index (χ3v) is 2.09. The van der Waals surface area contributed by atoms with Crippen molar-refractivity contribution >= 4 is 17.3 Å². The molecule has 0 aliphatic carbocycles. The minimum absolute atomic E-state index is 0.0182. The average molecular weight is 250 g/mol.